The summed E-state index contributed by atoms with van der Waals surface area (Å²) in [6, 6.07) is 15.6. The van der Waals surface area contributed by atoms with Crippen molar-refractivity contribution in [3.05, 3.63) is 88.5 Å². The molecule has 0 bridgehead atoms. The van der Waals surface area contributed by atoms with Gasteiger partial charge in [-0.05, 0) is 60.7 Å². The van der Waals surface area contributed by atoms with Crippen LogP contribution in [-0.2, 0) is 9.47 Å². The first-order valence-corrected chi connectivity index (χ1v) is 12.7. The number of aromatic hydroxyl groups is 1. The van der Waals surface area contributed by atoms with E-state index in [1.807, 2.05) is 24.3 Å². The van der Waals surface area contributed by atoms with Crippen LogP contribution in [0.15, 0.2) is 54.6 Å². The molecule has 1 fully saturated rings. The Labute approximate surface area is 216 Å². The molecule has 0 radical (unpaired) electrons. The van der Waals surface area contributed by atoms with Gasteiger partial charge in [-0.1, -0.05) is 24.3 Å². The summed E-state index contributed by atoms with van der Waals surface area (Å²) in [5.74, 6) is 0.0875. The maximum atomic E-state index is 15.7. The summed E-state index contributed by atoms with van der Waals surface area (Å²) < 4.78 is 46.5. The fraction of sp³-hybridized carbons (Fsp3) is 0.400. The van der Waals surface area contributed by atoms with Crippen LogP contribution in [0.2, 0.25) is 0 Å². The Kier molecular flexibility index (Phi) is 7.36. The second kappa shape index (κ2) is 10.7. The molecule has 2 heterocycles. The summed E-state index contributed by atoms with van der Waals surface area (Å²) in [5.41, 5.74) is 3.76. The third kappa shape index (κ3) is 5.03. The lowest BCUT2D eigenvalue weighted by Gasteiger charge is -2.37. The zero-order valence-electron chi connectivity index (χ0n) is 21.4. The smallest absolute Gasteiger partial charge is 0.159 e. The van der Waals surface area contributed by atoms with Gasteiger partial charge in [0.1, 0.15) is 23.1 Å². The average Bonchev–Trinajstić information content (AvgIpc) is 2.90. The van der Waals surface area contributed by atoms with Crippen molar-refractivity contribution in [1.82, 2.24) is 0 Å². The molecule has 1 saturated heterocycles. The molecule has 0 aliphatic carbocycles. The number of fused-ring (bicyclic) bond motifs is 1. The Hall–Kier alpha value is -3.16. The number of hydrogen-bond donors (Lipinski definition) is 1. The molecule has 3 aromatic carbocycles. The van der Waals surface area contributed by atoms with Gasteiger partial charge in [-0.25, -0.2) is 8.78 Å². The van der Waals surface area contributed by atoms with E-state index in [2.05, 4.69) is 4.90 Å². The minimum Gasteiger partial charge on any atom is -0.508 e. The number of aryl methyl sites for hydroxylation is 1. The average molecular weight is 510 g/mol. The van der Waals surface area contributed by atoms with Crippen molar-refractivity contribution in [2.75, 3.05) is 38.8 Å². The first-order chi connectivity index (χ1) is 17.9. The van der Waals surface area contributed by atoms with E-state index >= 15 is 4.39 Å². The number of hydrogen-bond acceptors (Lipinski definition) is 5. The highest BCUT2D eigenvalue weighted by atomic mass is 19.1. The maximum Gasteiger partial charge on any atom is 0.159 e. The number of ether oxygens (including phenoxy) is 3. The van der Waals surface area contributed by atoms with Crippen LogP contribution in [-0.4, -0.2) is 45.3 Å². The second-order valence-electron chi connectivity index (χ2n) is 10.0. The van der Waals surface area contributed by atoms with Gasteiger partial charge in [-0.15, -0.1) is 0 Å². The van der Waals surface area contributed by atoms with E-state index in [0.29, 0.717) is 23.6 Å². The molecular formula is C30H33F2NO4. The van der Waals surface area contributed by atoms with Crippen LogP contribution >= 0.6 is 0 Å². The number of phenols is 1. The van der Waals surface area contributed by atoms with Crippen LogP contribution in [0, 0.1) is 24.5 Å². The van der Waals surface area contributed by atoms with Crippen LogP contribution in [0.25, 0.3) is 0 Å². The monoisotopic (exact) mass is 509 g/mol. The van der Waals surface area contributed by atoms with E-state index in [9.17, 15) is 9.50 Å². The molecule has 7 heteroatoms. The number of rotatable bonds is 6. The molecule has 1 N–H and O–H groups in total. The van der Waals surface area contributed by atoms with Gasteiger partial charge in [0.05, 0.1) is 12.3 Å². The molecule has 3 aromatic rings. The third-order valence-corrected chi connectivity index (χ3v) is 7.82. The minimum atomic E-state index is -0.271. The third-order valence-electron chi connectivity index (χ3n) is 7.82. The standard InChI is InChI=1S/C30H33F2NO4/c1-18-14-20(4-8-25(18)31)24-17-37-28-16-22(34)6-7-23(28)29(24)21-5-9-27(26(32)15-21)33-12-10-19(11-13-33)30(35-2)36-3/h4-9,14-16,19,24,29-30,34H,10-13,17H2,1-3H3/t24-,29-/m0/s1. The van der Waals surface area contributed by atoms with Crippen LogP contribution in [0.4, 0.5) is 14.5 Å². The molecule has 0 amide bonds. The zero-order valence-corrected chi connectivity index (χ0v) is 21.4. The van der Waals surface area contributed by atoms with Crippen molar-refractivity contribution in [2.24, 2.45) is 5.92 Å². The Morgan fingerprint density at radius 2 is 1.65 bits per heavy atom. The highest BCUT2D eigenvalue weighted by Crippen LogP contribution is 2.47. The first-order valence-electron chi connectivity index (χ1n) is 12.7. The van der Waals surface area contributed by atoms with Gasteiger partial charge in [-0.2, -0.15) is 0 Å². The van der Waals surface area contributed by atoms with E-state index in [1.54, 1.807) is 45.4 Å². The molecule has 5 nitrogen and oxygen atoms in total. The normalized spacial score (nSPS) is 20.1. The predicted octanol–water partition coefficient (Wildman–Crippen LogP) is 6.12. The second-order valence-corrected chi connectivity index (χ2v) is 10.0. The highest BCUT2D eigenvalue weighted by molar-refractivity contribution is 5.55. The van der Waals surface area contributed by atoms with E-state index in [1.165, 1.54) is 6.07 Å². The Morgan fingerprint density at radius 1 is 0.919 bits per heavy atom. The zero-order chi connectivity index (χ0) is 26.1. The van der Waals surface area contributed by atoms with E-state index in [0.717, 1.165) is 42.6 Å². The number of benzene rings is 3. The Balaban J connectivity index is 1.46. The van der Waals surface area contributed by atoms with Gasteiger partial charge in [0, 0.05) is 56.7 Å². The van der Waals surface area contributed by atoms with Gasteiger partial charge in [0.15, 0.2) is 6.29 Å². The predicted molar refractivity (Wildman–Crippen MR) is 138 cm³/mol. The molecule has 0 unspecified atom stereocenters. The molecule has 0 spiro atoms. The highest BCUT2D eigenvalue weighted by Gasteiger charge is 2.35. The minimum absolute atomic E-state index is 0.114. The van der Waals surface area contributed by atoms with Crippen LogP contribution in [0.3, 0.4) is 0 Å². The van der Waals surface area contributed by atoms with Crippen LogP contribution < -0.4 is 9.64 Å². The fourth-order valence-corrected chi connectivity index (χ4v) is 5.86. The summed E-state index contributed by atoms with van der Waals surface area (Å²) >= 11 is 0. The Bertz CT molecular complexity index is 1250. The largest absolute Gasteiger partial charge is 0.508 e. The van der Waals surface area contributed by atoms with Gasteiger partial charge in [-0.3, -0.25) is 0 Å². The van der Waals surface area contributed by atoms with Crippen molar-refractivity contribution in [1.29, 1.82) is 0 Å². The molecule has 37 heavy (non-hydrogen) atoms. The van der Waals surface area contributed by atoms with Crippen LogP contribution in [0.5, 0.6) is 11.5 Å². The quantitative estimate of drug-likeness (QED) is 0.406. The van der Waals surface area contributed by atoms with Crippen molar-refractivity contribution < 1.29 is 28.1 Å². The van der Waals surface area contributed by atoms with Gasteiger partial charge in [0.2, 0.25) is 0 Å². The van der Waals surface area contributed by atoms with E-state index in [-0.39, 0.29) is 41.4 Å². The number of piperidine rings is 1. The van der Waals surface area contributed by atoms with Gasteiger partial charge < -0.3 is 24.2 Å². The molecule has 196 valence electrons. The molecule has 0 saturated carbocycles. The lowest BCUT2D eigenvalue weighted by molar-refractivity contribution is -0.141. The molecule has 2 aliphatic rings. The first kappa shape index (κ1) is 25.5. The van der Waals surface area contributed by atoms with E-state index in [4.69, 9.17) is 14.2 Å². The molecule has 0 aromatic heterocycles. The Morgan fingerprint density at radius 3 is 2.32 bits per heavy atom. The van der Waals surface area contributed by atoms with Crippen molar-refractivity contribution in [3.63, 3.8) is 0 Å². The molecule has 2 atom stereocenters. The SMILES string of the molecule is COC(OC)C1CCN(c2ccc([C@H]3c4ccc(O)cc4OC[C@H]3c3ccc(F)c(C)c3)cc2F)CC1. The van der Waals surface area contributed by atoms with Crippen molar-refractivity contribution in [2.45, 2.75) is 37.9 Å². The summed E-state index contributed by atoms with van der Waals surface area (Å²) in [4.78, 5) is 2.08. The molecule has 5 rings (SSSR count). The van der Waals surface area contributed by atoms with Crippen LogP contribution in [0.1, 0.15) is 46.9 Å². The summed E-state index contributed by atoms with van der Waals surface area (Å²) in [7, 11) is 3.30. The number of phenolic OH excluding ortho intramolecular Hbond substituents is 1. The molecular weight excluding hydrogens is 476 g/mol. The fourth-order valence-electron chi connectivity index (χ4n) is 5.86. The maximum absolute atomic E-state index is 15.7. The lowest BCUT2D eigenvalue weighted by atomic mass is 9.75. The summed E-state index contributed by atoms with van der Waals surface area (Å²) in [6.45, 7) is 3.52. The lowest BCUT2D eigenvalue weighted by Crippen LogP contribution is -2.39. The number of halogens is 2. The number of methoxy groups -OCH3 is 2. The summed E-state index contributed by atoms with van der Waals surface area (Å²) in [5, 5.41) is 10.0. The number of nitrogens with zero attached hydrogens (tertiary/aromatic N) is 1. The topological polar surface area (TPSA) is 51.2 Å². The van der Waals surface area contributed by atoms with Crippen molar-refractivity contribution >= 4 is 5.69 Å². The van der Waals surface area contributed by atoms with Gasteiger partial charge >= 0.3 is 0 Å². The number of anilines is 1. The summed E-state index contributed by atoms with van der Waals surface area (Å²) in [6.07, 6.45) is 1.47. The van der Waals surface area contributed by atoms with E-state index < -0.39 is 0 Å². The van der Waals surface area contributed by atoms with Crippen molar-refractivity contribution in [3.8, 4) is 11.5 Å². The van der Waals surface area contributed by atoms with Gasteiger partial charge in [0.25, 0.3) is 0 Å². The molecule has 2 aliphatic heterocycles.